The number of nitrogens with one attached hydrogen (secondary N) is 2. The van der Waals surface area contributed by atoms with E-state index in [1.807, 2.05) is 35.2 Å². The van der Waals surface area contributed by atoms with Gasteiger partial charge in [0.15, 0.2) is 0 Å². The van der Waals surface area contributed by atoms with Crippen molar-refractivity contribution in [2.75, 3.05) is 70.0 Å². The van der Waals surface area contributed by atoms with Crippen LogP contribution in [0.5, 0.6) is 0 Å². The predicted octanol–water partition coefficient (Wildman–Crippen LogP) is 7.33. The van der Waals surface area contributed by atoms with Crippen molar-refractivity contribution >= 4 is 63.1 Å². The molecule has 2 aliphatic heterocycles. The highest BCUT2D eigenvalue weighted by atomic mass is 79.9. The molecule has 2 aliphatic rings. The highest BCUT2D eigenvalue weighted by molar-refractivity contribution is 9.10. The normalized spacial score (nSPS) is 14.9. The summed E-state index contributed by atoms with van der Waals surface area (Å²) >= 11 is 9.15. The standard InChI is InChI=1S/C24H31N7O.C16H23BrN2O.C8H10ClN5/c1-17(2)13-30-9-10-31(23(32)16-30)14-20-6-5-19(11-18(20)3)22-7-8-25-24(28-22)27-21-12-26-29(4)15-21;1-12(2)9-18-6-7-19(16(20)11-18)10-14-4-5-15(17)8-13(14)3;1-11-5-6(4-10)13-8-12-3-2-7(9)14-8/h5-8,11-12,15,17H,9-10,13-14,16H2,1-4H3,(H,25,27,28);4-5,8,12H,6-7,9-11H2,1-3H3;2-5H,10H2,1H3,(H,12,13,14). The van der Waals surface area contributed by atoms with Crippen LogP contribution < -0.4 is 16.4 Å². The van der Waals surface area contributed by atoms with Crippen LogP contribution in [-0.4, -0.2) is 127 Å². The van der Waals surface area contributed by atoms with Gasteiger partial charge in [0.2, 0.25) is 23.7 Å². The zero-order valence-electron chi connectivity index (χ0n) is 39.4. The summed E-state index contributed by atoms with van der Waals surface area (Å²) in [6, 6.07) is 16.1. The van der Waals surface area contributed by atoms with Crippen LogP contribution in [0.25, 0.3) is 11.3 Å². The Hall–Kier alpha value is -5.75. The number of allylic oxidation sites excluding steroid dienone is 1. The van der Waals surface area contributed by atoms with Gasteiger partial charge in [0.05, 0.1) is 36.4 Å². The fourth-order valence-corrected chi connectivity index (χ4v) is 8.06. The number of carbonyl (C=O) groups is 2. The Balaban J connectivity index is 0.000000205. The molecule has 2 saturated heterocycles. The van der Waals surface area contributed by atoms with Gasteiger partial charge in [-0.05, 0) is 78.3 Å². The molecule has 0 aliphatic carbocycles. The van der Waals surface area contributed by atoms with Gasteiger partial charge in [0, 0.05) is 107 Å². The van der Waals surface area contributed by atoms with Crippen molar-refractivity contribution < 1.29 is 9.59 Å². The van der Waals surface area contributed by atoms with Gasteiger partial charge in [-0.1, -0.05) is 73.4 Å². The quantitative estimate of drug-likeness (QED) is 0.0747. The molecule has 2 aromatic carbocycles. The largest absolute Gasteiger partial charge is 0.403 e. The van der Waals surface area contributed by atoms with Crippen LogP contribution in [0, 0.1) is 25.7 Å². The van der Waals surface area contributed by atoms with Crippen LogP contribution >= 0.6 is 27.5 Å². The lowest BCUT2D eigenvalue weighted by Crippen LogP contribution is -2.50. The SMILES string of the molecule is CN=CC(=CN)Nc1nccc(Cl)n1.Cc1cc(-c2ccnc(Nc3cnn(C)c3)n2)ccc1CN1CCN(CC(C)C)CC1=O.Cc1cc(Br)ccc1CN1CCN(CC(C)C)CC1=O. The first-order chi connectivity index (χ1) is 31.6. The molecule has 18 heteroatoms. The molecule has 2 amide bonds. The maximum atomic E-state index is 12.6. The van der Waals surface area contributed by atoms with Crippen LogP contribution in [0.3, 0.4) is 0 Å². The summed E-state index contributed by atoms with van der Waals surface area (Å²) in [5.41, 5.74) is 13.4. The first kappa shape index (κ1) is 51.2. The Morgan fingerprint density at radius 2 is 1.42 bits per heavy atom. The van der Waals surface area contributed by atoms with Gasteiger partial charge in [0.1, 0.15) is 5.15 Å². The molecule has 0 atom stereocenters. The van der Waals surface area contributed by atoms with Crippen LogP contribution in [0.1, 0.15) is 49.9 Å². The number of amides is 2. The Labute approximate surface area is 402 Å². The Morgan fingerprint density at radius 1 is 0.833 bits per heavy atom. The topological polar surface area (TPSA) is 179 Å². The van der Waals surface area contributed by atoms with Crippen molar-refractivity contribution in [1.29, 1.82) is 0 Å². The van der Waals surface area contributed by atoms with Gasteiger partial charge in [0.25, 0.3) is 0 Å². The number of rotatable bonds is 14. The zero-order valence-corrected chi connectivity index (χ0v) is 41.7. The van der Waals surface area contributed by atoms with Crippen molar-refractivity contribution in [3.8, 4) is 11.3 Å². The number of hydrogen-bond donors (Lipinski definition) is 3. The molecule has 66 heavy (non-hydrogen) atoms. The van der Waals surface area contributed by atoms with Crippen LogP contribution in [0.2, 0.25) is 5.15 Å². The van der Waals surface area contributed by atoms with Crippen molar-refractivity contribution in [1.82, 2.24) is 49.3 Å². The van der Waals surface area contributed by atoms with Gasteiger partial charge in [-0.3, -0.25) is 29.1 Å². The smallest absolute Gasteiger partial charge is 0.237 e. The highest BCUT2D eigenvalue weighted by Crippen LogP contribution is 2.24. The molecule has 0 unspecified atom stereocenters. The van der Waals surface area contributed by atoms with E-state index >= 15 is 0 Å². The zero-order chi connectivity index (χ0) is 47.8. The van der Waals surface area contributed by atoms with Gasteiger partial charge in [-0.15, -0.1) is 0 Å². The third-order valence-electron chi connectivity index (χ3n) is 10.6. The van der Waals surface area contributed by atoms with Gasteiger partial charge < -0.3 is 26.2 Å². The summed E-state index contributed by atoms with van der Waals surface area (Å²) in [7, 11) is 3.51. The molecule has 0 spiro atoms. The number of benzene rings is 2. The van der Waals surface area contributed by atoms with E-state index in [0.29, 0.717) is 54.2 Å². The molecule has 7 rings (SSSR count). The first-order valence-corrected chi connectivity index (χ1v) is 23.3. The lowest BCUT2D eigenvalue weighted by molar-refractivity contribution is -0.137. The van der Waals surface area contributed by atoms with Crippen LogP contribution in [0.4, 0.5) is 17.6 Å². The van der Waals surface area contributed by atoms with Gasteiger partial charge in [-0.2, -0.15) is 5.10 Å². The number of aryl methyl sites for hydroxylation is 3. The molecule has 3 aromatic heterocycles. The third kappa shape index (κ3) is 16.3. The molecular formula is C48H64BrClN14O2. The predicted molar refractivity (Wildman–Crippen MR) is 268 cm³/mol. The molecule has 2 fully saturated rings. The fraction of sp³-hybridized carbons (Fsp3) is 0.417. The molecule has 0 saturated carbocycles. The minimum absolute atomic E-state index is 0.210. The number of carbonyl (C=O) groups excluding carboxylic acids is 2. The minimum Gasteiger partial charge on any atom is -0.403 e. The molecule has 5 heterocycles. The number of piperazine rings is 2. The number of anilines is 3. The van der Waals surface area contributed by atoms with Crippen molar-refractivity contribution in [2.24, 2.45) is 29.6 Å². The summed E-state index contributed by atoms with van der Waals surface area (Å²) < 4.78 is 2.82. The average molecular weight is 984 g/mol. The first-order valence-electron chi connectivity index (χ1n) is 22.1. The lowest BCUT2D eigenvalue weighted by atomic mass is 10.0. The van der Waals surface area contributed by atoms with Crippen molar-refractivity contribution in [3.63, 3.8) is 0 Å². The summed E-state index contributed by atoms with van der Waals surface area (Å²) in [6.07, 6.45) is 9.84. The summed E-state index contributed by atoms with van der Waals surface area (Å²) in [5.74, 6) is 2.56. The van der Waals surface area contributed by atoms with Gasteiger partial charge >= 0.3 is 0 Å². The molecule has 352 valence electrons. The second-order valence-electron chi connectivity index (χ2n) is 17.2. The summed E-state index contributed by atoms with van der Waals surface area (Å²) in [5, 5.41) is 10.6. The second-order valence-corrected chi connectivity index (χ2v) is 18.5. The number of aromatic nitrogens is 6. The second kappa shape index (κ2) is 25.2. The molecule has 16 nitrogen and oxygen atoms in total. The number of nitrogens with two attached hydrogens (primary N) is 1. The maximum absolute atomic E-state index is 12.6. The van der Waals surface area contributed by atoms with E-state index in [1.54, 1.807) is 42.6 Å². The third-order valence-corrected chi connectivity index (χ3v) is 11.4. The molecule has 0 bridgehead atoms. The van der Waals surface area contributed by atoms with E-state index in [0.717, 1.165) is 72.8 Å². The summed E-state index contributed by atoms with van der Waals surface area (Å²) in [6.45, 7) is 21.0. The monoisotopic (exact) mass is 982 g/mol. The van der Waals surface area contributed by atoms with E-state index in [1.165, 1.54) is 22.9 Å². The maximum Gasteiger partial charge on any atom is 0.237 e. The summed E-state index contributed by atoms with van der Waals surface area (Å²) in [4.78, 5) is 54.0. The average Bonchev–Trinajstić information content (AvgIpc) is 3.68. The Bertz CT molecular complexity index is 2440. The molecular weight excluding hydrogens is 920 g/mol. The van der Waals surface area contributed by atoms with E-state index in [-0.39, 0.29) is 11.8 Å². The van der Waals surface area contributed by atoms with Crippen LogP contribution in [0.15, 0.2) is 94.7 Å². The number of hydrogen-bond acceptors (Lipinski definition) is 13. The van der Waals surface area contributed by atoms with Crippen molar-refractivity contribution in [2.45, 2.75) is 54.6 Å². The highest BCUT2D eigenvalue weighted by Gasteiger charge is 2.26. The van der Waals surface area contributed by atoms with E-state index < -0.39 is 0 Å². The number of halogens is 2. The Kier molecular flexibility index (Phi) is 19.6. The van der Waals surface area contributed by atoms with Gasteiger partial charge in [-0.25, -0.2) is 19.9 Å². The van der Waals surface area contributed by atoms with E-state index in [9.17, 15) is 9.59 Å². The molecule has 5 aromatic rings. The minimum atomic E-state index is 0.210. The number of nitrogens with zero attached hydrogens (tertiary/aromatic N) is 11. The fourth-order valence-electron chi connectivity index (χ4n) is 7.45. The van der Waals surface area contributed by atoms with Crippen molar-refractivity contribution in [3.05, 3.63) is 117 Å². The lowest BCUT2D eigenvalue weighted by Gasteiger charge is -2.35. The van der Waals surface area contributed by atoms with E-state index in [2.05, 4.69) is 138 Å². The molecule has 4 N–H and O–H groups in total. The number of aliphatic imine (C=N–C) groups is 1. The Morgan fingerprint density at radius 3 is 1.94 bits per heavy atom. The van der Waals surface area contributed by atoms with Crippen LogP contribution in [-0.2, 0) is 29.7 Å². The molecule has 0 radical (unpaired) electrons. The van der Waals surface area contributed by atoms with E-state index in [4.69, 9.17) is 17.3 Å².